The largest absolute Gasteiger partial charge is 0.478 e. The predicted molar refractivity (Wildman–Crippen MR) is 81.5 cm³/mol. The van der Waals surface area contributed by atoms with Crippen LogP contribution in [0, 0.1) is 11.3 Å². The van der Waals surface area contributed by atoms with Gasteiger partial charge in [0.1, 0.15) is 22.6 Å². The van der Waals surface area contributed by atoms with Gasteiger partial charge in [-0.2, -0.15) is 5.26 Å². The van der Waals surface area contributed by atoms with Gasteiger partial charge in [0.15, 0.2) is 0 Å². The number of carboxylic acid groups (broad SMARTS) is 1. The molecular weight excluding hydrogens is 288 g/mol. The molecule has 0 saturated heterocycles. The van der Waals surface area contributed by atoms with E-state index in [0.717, 1.165) is 0 Å². The van der Waals surface area contributed by atoms with Gasteiger partial charge >= 0.3 is 5.97 Å². The molecule has 0 amide bonds. The summed E-state index contributed by atoms with van der Waals surface area (Å²) in [5, 5.41) is 17.9. The number of carboxylic acids is 1. The van der Waals surface area contributed by atoms with Gasteiger partial charge in [0, 0.05) is 11.6 Å². The Hall–Kier alpha value is -2.91. The fraction of sp³-hybridized carbons (Fsp3) is 0. The van der Waals surface area contributed by atoms with Crippen molar-refractivity contribution >= 4 is 29.3 Å². The van der Waals surface area contributed by atoms with Crippen molar-refractivity contribution in [3.05, 3.63) is 53.3 Å². The number of hydrogen-bond donors (Lipinski definition) is 2. The number of nitriles is 1. The van der Waals surface area contributed by atoms with Gasteiger partial charge in [-0.25, -0.2) is 4.79 Å². The summed E-state index contributed by atoms with van der Waals surface area (Å²) in [5.41, 5.74) is 6.34. The first kappa shape index (κ1) is 14.5. The van der Waals surface area contributed by atoms with Gasteiger partial charge in [-0.3, -0.25) is 0 Å². The monoisotopic (exact) mass is 298 g/mol. The molecule has 2 aromatic rings. The smallest absolute Gasteiger partial charge is 0.335 e. The van der Waals surface area contributed by atoms with Crippen LogP contribution >= 0.6 is 12.2 Å². The van der Waals surface area contributed by atoms with Crippen LogP contribution in [0.15, 0.2) is 46.4 Å². The van der Waals surface area contributed by atoms with E-state index in [1.54, 1.807) is 24.3 Å². The zero-order chi connectivity index (χ0) is 15.4. The molecule has 5 nitrogen and oxygen atoms in total. The molecule has 0 unspecified atom stereocenters. The first-order valence-electron chi connectivity index (χ1n) is 5.86. The van der Waals surface area contributed by atoms with E-state index >= 15 is 0 Å². The average Bonchev–Trinajstić information content (AvgIpc) is 2.93. The van der Waals surface area contributed by atoms with Gasteiger partial charge in [0.2, 0.25) is 0 Å². The van der Waals surface area contributed by atoms with Gasteiger partial charge < -0.3 is 15.3 Å². The van der Waals surface area contributed by atoms with Gasteiger partial charge in [0.05, 0.1) is 11.1 Å². The van der Waals surface area contributed by atoms with Gasteiger partial charge in [0.25, 0.3) is 0 Å². The number of furan rings is 1. The van der Waals surface area contributed by atoms with Crippen molar-refractivity contribution in [3.63, 3.8) is 0 Å². The molecule has 0 aliphatic carbocycles. The molecule has 1 aromatic heterocycles. The second-order valence-corrected chi connectivity index (χ2v) is 4.56. The van der Waals surface area contributed by atoms with E-state index in [1.165, 1.54) is 18.2 Å². The minimum absolute atomic E-state index is 0.0108. The third-order valence-electron chi connectivity index (χ3n) is 2.69. The molecule has 0 spiro atoms. The van der Waals surface area contributed by atoms with Gasteiger partial charge in [-0.15, -0.1) is 0 Å². The summed E-state index contributed by atoms with van der Waals surface area (Å²) < 4.78 is 5.55. The van der Waals surface area contributed by atoms with E-state index < -0.39 is 5.97 Å². The number of rotatable bonds is 4. The first-order chi connectivity index (χ1) is 10.0. The highest BCUT2D eigenvalue weighted by Gasteiger charge is 2.08. The molecule has 0 saturated carbocycles. The molecule has 0 atom stereocenters. The SMILES string of the molecule is N#CC(=Cc1ccc(-c2cccc(C(=O)O)c2)o1)C(N)=S. The Labute approximate surface area is 125 Å². The topological polar surface area (TPSA) is 100 Å². The van der Waals surface area contributed by atoms with Crippen LogP contribution in [0.1, 0.15) is 16.1 Å². The number of aromatic carboxylic acids is 1. The molecule has 0 aliphatic rings. The Morgan fingerprint density at radius 2 is 2.14 bits per heavy atom. The number of nitrogens with zero attached hydrogens (tertiary/aromatic N) is 1. The van der Waals surface area contributed by atoms with Crippen LogP contribution < -0.4 is 5.73 Å². The zero-order valence-electron chi connectivity index (χ0n) is 10.7. The Morgan fingerprint density at radius 3 is 2.76 bits per heavy atom. The molecule has 6 heteroatoms. The summed E-state index contributed by atoms with van der Waals surface area (Å²) in [4.78, 5) is 10.9. The van der Waals surface area contributed by atoms with Crippen LogP contribution in [-0.4, -0.2) is 16.1 Å². The molecule has 1 heterocycles. The maximum atomic E-state index is 10.9. The number of carbonyl (C=O) groups is 1. The average molecular weight is 298 g/mol. The second-order valence-electron chi connectivity index (χ2n) is 4.12. The Morgan fingerprint density at radius 1 is 1.38 bits per heavy atom. The van der Waals surface area contributed by atoms with Crippen molar-refractivity contribution in [2.45, 2.75) is 0 Å². The summed E-state index contributed by atoms with van der Waals surface area (Å²) in [7, 11) is 0. The molecular formula is C15H10N2O3S. The molecule has 104 valence electrons. The lowest BCUT2D eigenvalue weighted by atomic mass is 10.1. The summed E-state index contributed by atoms with van der Waals surface area (Å²) in [5.74, 6) is -0.108. The number of benzene rings is 1. The van der Waals surface area contributed by atoms with Crippen molar-refractivity contribution in [1.29, 1.82) is 5.26 Å². The van der Waals surface area contributed by atoms with Crippen LogP contribution in [0.25, 0.3) is 17.4 Å². The van der Waals surface area contributed by atoms with E-state index in [0.29, 0.717) is 17.1 Å². The Kier molecular flexibility index (Phi) is 4.16. The van der Waals surface area contributed by atoms with Gasteiger partial charge in [-0.05, 0) is 24.3 Å². The Balaban J connectivity index is 2.37. The highest BCUT2D eigenvalue weighted by Crippen LogP contribution is 2.24. The minimum Gasteiger partial charge on any atom is -0.478 e. The maximum absolute atomic E-state index is 10.9. The predicted octanol–water partition coefficient (Wildman–Crippen LogP) is 2.84. The lowest BCUT2D eigenvalue weighted by Gasteiger charge is -1.99. The van der Waals surface area contributed by atoms with Crippen LogP contribution in [0.2, 0.25) is 0 Å². The third kappa shape index (κ3) is 3.35. The van der Waals surface area contributed by atoms with Gasteiger partial charge in [-0.1, -0.05) is 24.4 Å². The highest BCUT2D eigenvalue weighted by molar-refractivity contribution is 7.80. The molecule has 0 radical (unpaired) electrons. The van der Waals surface area contributed by atoms with Crippen molar-refractivity contribution in [1.82, 2.24) is 0 Å². The summed E-state index contributed by atoms with van der Waals surface area (Å²) in [6.45, 7) is 0. The van der Waals surface area contributed by atoms with E-state index in [1.807, 2.05) is 6.07 Å². The molecule has 0 fully saturated rings. The van der Waals surface area contributed by atoms with Crippen molar-refractivity contribution in [3.8, 4) is 17.4 Å². The van der Waals surface area contributed by atoms with E-state index in [-0.39, 0.29) is 16.1 Å². The number of thiocarbonyl (C=S) groups is 1. The number of hydrogen-bond acceptors (Lipinski definition) is 4. The maximum Gasteiger partial charge on any atom is 0.335 e. The quantitative estimate of drug-likeness (QED) is 0.511. The van der Waals surface area contributed by atoms with Crippen LogP contribution in [0.5, 0.6) is 0 Å². The lowest BCUT2D eigenvalue weighted by Crippen LogP contribution is -2.09. The van der Waals surface area contributed by atoms with Crippen molar-refractivity contribution in [2.24, 2.45) is 5.73 Å². The van der Waals surface area contributed by atoms with Crippen molar-refractivity contribution < 1.29 is 14.3 Å². The molecule has 21 heavy (non-hydrogen) atoms. The molecule has 2 rings (SSSR count). The highest BCUT2D eigenvalue weighted by atomic mass is 32.1. The van der Waals surface area contributed by atoms with E-state index in [4.69, 9.17) is 32.7 Å². The van der Waals surface area contributed by atoms with Crippen LogP contribution in [0.3, 0.4) is 0 Å². The molecule has 0 bridgehead atoms. The summed E-state index contributed by atoms with van der Waals surface area (Å²) >= 11 is 4.74. The summed E-state index contributed by atoms with van der Waals surface area (Å²) in [6.07, 6.45) is 1.44. The molecule has 1 aromatic carbocycles. The van der Waals surface area contributed by atoms with E-state index in [2.05, 4.69) is 0 Å². The van der Waals surface area contributed by atoms with Crippen molar-refractivity contribution in [2.75, 3.05) is 0 Å². The standard InChI is InChI=1S/C15H10N2O3S/c16-8-11(14(17)21)7-12-4-5-13(20-12)9-2-1-3-10(6-9)15(18)19/h1-7H,(H2,17,21)(H,18,19). The zero-order valence-corrected chi connectivity index (χ0v) is 11.6. The fourth-order valence-corrected chi connectivity index (χ4v) is 1.80. The van der Waals surface area contributed by atoms with Crippen LogP contribution in [-0.2, 0) is 0 Å². The summed E-state index contributed by atoms with van der Waals surface area (Å²) in [6, 6.07) is 11.6. The lowest BCUT2D eigenvalue weighted by molar-refractivity contribution is 0.0697. The van der Waals surface area contributed by atoms with Crippen LogP contribution in [0.4, 0.5) is 0 Å². The third-order valence-corrected chi connectivity index (χ3v) is 2.91. The Bertz CT molecular complexity index is 784. The normalized spacial score (nSPS) is 10.9. The molecule has 3 N–H and O–H groups in total. The first-order valence-corrected chi connectivity index (χ1v) is 6.27. The fourth-order valence-electron chi connectivity index (χ4n) is 1.69. The minimum atomic E-state index is -1.01. The number of nitrogens with two attached hydrogens (primary N) is 1. The molecule has 0 aliphatic heterocycles. The second kappa shape index (κ2) is 6.03. The van der Waals surface area contributed by atoms with E-state index in [9.17, 15) is 4.79 Å².